The second kappa shape index (κ2) is 8.04. The standard InChI is InChI=1S/C21H18N2O3/c1-25-19-8-7-17-9-16(5-6-18(17)11-19)13-23-21(24)14-26-20-4-2-3-15(10-20)12-22/h2-11H,13-14H2,1H3,(H,23,24). The van der Waals surface area contributed by atoms with Crippen LogP contribution >= 0.6 is 0 Å². The summed E-state index contributed by atoms with van der Waals surface area (Å²) in [4.78, 5) is 12.0. The molecule has 0 unspecified atom stereocenters. The van der Waals surface area contributed by atoms with Gasteiger partial charge in [0.1, 0.15) is 11.5 Å². The van der Waals surface area contributed by atoms with E-state index >= 15 is 0 Å². The van der Waals surface area contributed by atoms with Crippen LogP contribution in [-0.4, -0.2) is 19.6 Å². The van der Waals surface area contributed by atoms with E-state index in [4.69, 9.17) is 14.7 Å². The van der Waals surface area contributed by atoms with Gasteiger partial charge in [-0.05, 0) is 52.7 Å². The van der Waals surface area contributed by atoms with Crippen molar-refractivity contribution in [3.8, 4) is 17.6 Å². The van der Waals surface area contributed by atoms with Crippen molar-refractivity contribution in [2.45, 2.75) is 6.54 Å². The number of nitrogens with zero attached hydrogens (tertiary/aromatic N) is 1. The second-order valence-corrected chi connectivity index (χ2v) is 5.75. The maximum absolute atomic E-state index is 12.0. The molecule has 3 aromatic rings. The Labute approximate surface area is 151 Å². The highest BCUT2D eigenvalue weighted by Crippen LogP contribution is 2.21. The molecule has 130 valence electrons. The van der Waals surface area contributed by atoms with Crippen LogP contribution in [0.4, 0.5) is 0 Å². The van der Waals surface area contributed by atoms with Gasteiger partial charge in [0.2, 0.25) is 0 Å². The monoisotopic (exact) mass is 346 g/mol. The first-order chi connectivity index (χ1) is 12.7. The number of benzene rings is 3. The van der Waals surface area contributed by atoms with Gasteiger partial charge in [0.25, 0.3) is 5.91 Å². The Morgan fingerprint density at radius 1 is 1.04 bits per heavy atom. The number of hydrogen-bond donors (Lipinski definition) is 1. The lowest BCUT2D eigenvalue weighted by atomic mass is 10.1. The Balaban J connectivity index is 1.55. The molecule has 0 atom stereocenters. The SMILES string of the molecule is COc1ccc2cc(CNC(=O)COc3cccc(C#N)c3)ccc2c1. The van der Waals surface area contributed by atoms with Crippen LogP contribution in [0.2, 0.25) is 0 Å². The first-order valence-electron chi connectivity index (χ1n) is 8.14. The van der Waals surface area contributed by atoms with Gasteiger partial charge in [0, 0.05) is 6.54 Å². The molecule has 3 aromatic carbocycles. The van der Waals surface area contributed by atoms with Crippen molar-refractivity contribution in [3.05, 3.63) is 71.8 Å². The van der Waals surface area contributed by atoms with Gasteiger partial charge in [-0.3, -0.25) is 4.79 Å². The van der Waals surface area contributed by atoms with Gasteiger partial charge in [-0.15, -0.1) is 0 Å². The molecule has 0 aliphatic rings. The van der Waals surface area contributed by atoms with Gasteiger partial charge in [0.05, 0.1) is 18.7 Å². The van der Waals surface area contributed by atoms with Gasteiger partial charge in [-0.25, -0.2) is 0 Å². The highest BCUT2D eigenvalue weighted by atomic mass is 16.5. The van der Waals surface area contributed by atoms with E-state index in [0.717, 1.165) is 22.1 Å². The number of fused-ring (bicyclic) bond motifs is 1. The van der Waals surface area contributed by atoms with Crippen molar-refractivity contribution < 1.29 is 14.3 Å². The van der Waals surface area contributed by atoms with Crippen molar-refractivity contribution in [2.75, 3.05) is 13.7 Å². The molecule has 0 fully saturated rings. The Bertz CT molecular complexity index is 976. The summed E-state index contributed by atoms with van der Waals surface area (Å²) in [5.41, 5.74) is 1.50. The number of carbonyl (C=O) groups is 1. The van der Waals surface area contributed by atoms with E-state index in [1.54, 1.807) is 31.4 Å². The summed E-state index contributed by atoms with van der Waals surface area (Å²) >= 11 is 0. The van der Waals surface area contributed by atoms with Crippen LogP contribution < -0.4 is 14.8 Å². The number of rotatable bonds is 6. The van der Waals surface area contributed by atoms with Crippen molar-refractivity contribution >= 4 is 16.7 Å². The largest absolute Gasteiger partial charge is 0.497 e. The van der Waals surface area contributed by atoms with E-state index in [9.17, 15) is 4.79 Å². The van der Waals surface area contributed by atoms with Gasteiger partial charge in [-0.1, -0.05) is 24.3 Å². The maximum Gasteiger partial charge on any atom is 0.258 e. The van der Waals surface area contributed by atoms with E-state index in [1.807, 2.05) is 42.5 Å². The zero-order valence-electron chi connectivity index (χ0n) is 14.4. The number of amides is 1. The van der Waals surface area contributed by atoms with Gasteiger partial charge in [-0.2, -0.15) is 5.26 Å². The van der Waals surface area contributed by atoms with Crippen LogP contribution in [0.3, 0.4) is 0 Å². The van der Waals surface area contributed by atoms with E-state index in [1.165, 1.54) is 0 Å². The molecule has 1 amide bonds. The summed E-state index contributed by atoms with van der Waals surface area (Å²) in [6.45, 7) is 0.321. The minimum atomic E-state index is -0.220. The van der Waals surface area contributed by atoms with E-state index < -0.39 is 0 Å². The lowest BCUT2D eigenvalue weighted by Gasteiger charge is -2.09. The molecule has 0 bridgehead atoms. The van der Waals surface area contributed by atoms with Gasteiger partial charge < -0.3 is 14.8 Å². The summed E-state index contributed by atoms with van der Waals surface area (Å²) in [6, 6.07) is 20.6. The second-order valence-electron chi connectivity index (χ2n) is 5.75. The molecule has 0 saturated heterocycles. The van der Waals surface area contributed by atoms with Crippen LogP contribution in [0.1, 0.15) is 11.1 Å². The van der Waals surface area contributed by atoms with Gasteiger partial charge in [0.15, 0.2) is 6.61 Å². The predicted octanol–water partition coefficient (Wildman–Crippen LogP) is 3.42. The number of carbonyl (C=O) groups excluding carboxylic acids is 1. The quantitative estimate of drug-likeness (QED) is 0.742. The fraction of sp³-hybridized carbons (Fsp3) is 0.143. The molecule has 26 heavy (non-hydrogen) atoms. The van der Waals surface area contributed by atoms with Crippen molar-refractivity contribution in [1.82, 2.24) is 5.32 Å². The molecule has 3 rings (SSSR count). The predicted molar refractivity (Wildman–Crippen MR) is 99.0 cm³/mol. The molecule has 0 aromatic heterocycles. The Morgan fingerprint density at radius 3 is 2.65 bits per heavy atom. The minimum Gasteiger partial charge on any atom is -0.497 e. The molecular weight excluding hydrogens is 328 g/mol. The van der Waals surface area contributed by atoms with Crippen LogP contribution in [-0.2, 0) is 11.3 Å². The average molecular weight is 346 g/mol. The summed E-state index contributed by atoms with van der Waals surface area (Å²) in [5.74, 6) is 1.09. The fourth-order valence-electron chi connectivity index (χ4n) is 2.57. The van der Waals surface area contributed by atoms with Crippen LogP contribution in [0.15, 0.2) is 60.7 Å². The third-order valence-electron chi connectivity index (χ3n) is 3.93. The molecule has 5 heteroatoms. The maximum atomic E-state index is 12.0. The third kappa shape index (κ3) is 4.31. The zero-order valence-corrected chi connectivity index (χ0v) is 14.4. The average Bonchev–Trinajstić information content (AvgIpc) is 2.70. The minimum absolute atomic E-state index is 0.0976. The first-order valence-corrected chi connectivity index (χ1v) is 8.14. The Morgan fingerprint density at radius 2 is 1.85 bits per heavy atom. The number of nitrogens with one attached hydrogen (secondary N) is 1. The molecule has 0 aliphatic carbocycles. The summed E-state index contributed by atoms with van der Waals surface area (Å²) in [7, 11) is 1.64. The molecular formula is C21H18N2O3. The van der Waals surface area contributed by atoms with Crippen LogP contribution in [0.25, 0.3) is 10.8 Å². The molecule has 0 saturated carbocycles. The number of nitriles is 1. The van der Waals surface area contributed by atoms with E-state index in [2.05, 4.69) is 5.32 Å². The first kappa shape index (κ1) is 17.3. The van der Waals surface area contributed by atoms with Crippen molar-refractivity contribution in [1.29, 1.82) is 5.26 Å². The molecule has 0 aliphatic heterocycles. The Kier molecular flexibility index (Phi) is 5.35. The molecule has 5 nitrogen and oxygen atoms in total. The smallest absolute Gasteiger partial charge is 0.258 e. The zero-order chi connectivity index (χ0) is 18.4. The van der Waals surface area contributed by atoms with E-state index in [0.29, 0.717) is 17.9 Å². The highest BCUT2D eigenvalue weighted by Gasteiger charge is 2.05. The van der Waals surface area contributed by atoms with Crippen molar-refractivity contribution in [3.63, 3.8) is 0 Å². The van der Waals surface area contributed by atoms with Crippen LogP contribution in [0.5, 0.6) is 11.5 Å². The third-order valence-corrected chi connectivity index (χ3v) is 3.93. The molecule has 1 N–H and O–H groups in total. The summed E-state index contributed by atoms with van der Waals surface area (Å²) in [6.07, 6.45) is 0. The summed E-state index contributed by atoms with van der Waals surface area (Å²) in [5, 5.41) is 13.9. The molecule has 0 radical (unpaired) electrons. The topological polar surface area (TPSA) is 71.3 Å². The molecule has 0 heterocycles. The highest BCUT2D eigenvalue weighted by molar-refractivity contribution is 5.84. The molecule has 0 spiro atoms. The number of ether oxygens (including phenoxy) is 2. The summed E-state index contributed by atoms with van der Waals surface area (Å²) < 4.78 is 10.6. The number of methoxy groups -OCH3 is 1. The Hall–Kier alpha value is -3.52. The van der Waals surface area contributed by atoms with E-state index in [-0.39, 0.29) is 12.5 Å². The lowest BCUT2D eigenvalue weighted by Crippen LogP contribution is -2.28. The lowest BCUT2D eigenvalue weighted by molar-refractivity contribution is -0.123. The van der Waals surface area contributed by atoms with Crippen LogP contribution in [0, 0.1) is 11.3 Å². The van der Waals surface area contributed by atoms with Crippen molar-refractivity contribution in [2.24, 2.45) is 0 Å². The fourth-order valence-corrected chi connectivity index (χ4v) is 2.57. The number of hydrogen-bond acceptors (Lipinski definition) is 4. The normalized spacial score (nSPS) is 10.2. The van der Waals surface area contributed by atoms with Gasteiger partial charge >= 0.3 is 0 Å².